The van der Waals surface area contributed by atoms with Crippen LogP contribution in [0.5, 0.6) is 5.75 Å². The number of hydrogen-bond donors (Lipinski definition) is 0. The Hall–Kier alpha value is -2.04. The molecule has 5 heteroatoms. The second-order valence-electron chi connectivity index (χ2n) is 7.19. The van der Waals surface area contributed by atoms with Crippen LogP contribution in [0.4, 0.5) is 5.69 Å². The molecule has 5 nitrogen and oxygen atoms in total. The Morgan fingerprint density at radius 1 is 1.22 bits per heavy atom. The fourth-order valence-corrected chi connectivity index (χ4v) is 2.78. The lowest BCUT2D eigenvalue weighted by Gasteiger charge is -2.40. The van der Waals surface area contributed by atoms with Gasteiger partial charge in [0.25, 0.3) is 0 Å². The summed E-state index contributed by atoms with van der Waals surface area (Å²) in [6, 6.07) is 6.99. The van der Waals surface area contributed by atoms with Gasteiger partial charge in [0.2, 0.25) is 11.8 Å². The topological polar surface area (TPSA) is 49.9 Å². The Labute approximate surface area is 138 Å². The summed E-state index contributed by atoms with van der Waals surface area (Å²) in [5, 5.41) is 0. The average molecular weight is 318 g/mol. The molecule has 0 aliphatic carbocycles. The van der Waals surface area contributed by atoms with Crippen LogP contribution in [0.3, 0.4) is 0 Å². The smallest absolute Gasteiger partial charge is 0.249 e. The molecule has 0 N–H and O–H groups in total. The zero-order valence-corrected chi connectivity index (χ0v) is 14.6. The highest BCUT2D eigenvalue weighted by Crippen LogP contribution is 2.25. The number of anilines is 1. The normalized spacial score (nSPS) is 19.0. The minimum Gasteiger partial charge on any atom is -0.497 e. The lowest BCUT2D eigenvalue weighted by molar-refractivity contribution is -0.142. The number of nitrogens with zero attached hydrogens (tertiary/aromatic N) is 2. The van der Waals surface area contributed by atoms with Gasteiger partial charge < -0.3 is 14.5 Å². The second-order valence-corrected chi connectivity index (χ2v) is 7.19. The molecule has 1 atom stereocenters. The highest BCUT2D eigenvalue weighted by Gasteiger charge is 2.35. The van der Waals surface area contributed by atoms with Gasteiger partial charge in [-0.15, -0.1) is 0 Å². The molecule has 23 heavy (non-hydrogen) atoms. The van der Waals surface area contributed by atoms with Gasteiger partial charge in [0, 0.05) is 25.2 Å². The van der Waals surface area contributed by atoms with E-state index < -0.39 is 6.04 Å². The van der Waals surface area contributed by atoms with Gasteiger partial charge in [-0.05, 0) is 36.6 Å². The summed E-state index contributed by atoms with van der Waals surface area (Å²) in [6.45, 7) is 8.98. The van der Waals surface area contributed by atoms with Crippen molar-refractivity contribution in [1.82, 2.24) is 4.90 Å². The van der Waals surface area contributed by atoms with Crippen LogP contribution in [-0.2, 0) is 9.59 Å². The Kier molecular flexibility index (Phi) is 4.97. The summed E-state index contributed by atoms with van der Waals surface area (Å²) in [7, 11) is 1.61. The van der Waals surface area contributed by atoms with Crippen LogP contribution in [0.15, 0.2) is 24.3 Å². The van der Waals surface area contributed by atoms with Crippen LogP contribution in [0.1, 0.15) is 34.1 Å². The average Bonchev–Trinajstić information content (AvgIpc) is 2.48. The van der Waals surface area contributed by atoms with Gasteiger partial charge in [0.05, 0.1) is 7.11 Å². The molecule has 1 fully saturated rings. The largest absolute Gasteiger partial charge is 0.497 e. The first-order chi connectivity index (χ1) is 10.7. The first kappa shape index (κ1) is 17.3. The maximum Gasteiger partial charge on any atom is 0.249 e. The van der Waals surface area contributed by atoms with Crippen LogP contribution in [0.25, 0.3) is 0 Å². The van der Waals surface area contributed by atoms with Gasteiger partial charge in [-0.25, -0.2) is 0 Å². The lowest BCUT2D eigenvalue weighted by atomic mass is 9.91. The number of hydrogen-bond acceptors (Lipinski definition) is 3. The molecule has 0 radical (unpaired) electrons. The van der Waals surface area contributed by atoms with E-state index in [9.17, 15) is 9.59 Å². The molecule has 2 rings (SSSR count). The third-order valence-electron chi connectivity index (χ3n) is 4.04. The van der Waals surface area contributed by atoms with Crippen LogP contribution >= 0.6 is 0 Å². The second kappa shape index (κ2) is 6.60. The van der Waals surface area contributed by atoms with Crippen molar-refractivity contribution in [2.75, 3.05) is 25.1 Å². The van der Waals surface area contributed by atoms with Crippen molar-refractivity contribution in [3.63, 3.8) is 0 Å². The predicted molar refractivity (Wildman–Crippen MR) is 90.6 cm³/mol. The van der Waals surface area contributed by atoms with Crippen molar-refractivity contribution in [1.29, 1.82) is 0 Å². The number of amides is 2. The maximum atomic E-state index is 12.7. The van der Waals surface area contributed by atoms with E-state index in [1.54, 1.807) is 23.8 Å². The van der Waals surface area contributed by atoms with E-state index in [1.165, 1.54) is 0 Å². The fourth-order valence-electron chi connectivity index (χ4n) is 2.78. The standard InChI is InChI=1S/C18H26N2O3/c1-13-17(22)20(14-6-8-15(23-5)9-7-14)11-10-19(13)16(21)12-18(2,3)4/h6-9,13H,10-12H2,1-5H3/t13-/m0/s1. The van der Waals surface area contributed by atoms with Crippen molar-refractivity contribution in [2.45, 2.75) is 40.2 Å². The summed E-state index contributed by atoms with van der Waals surface area (Å²) < 4.78 is 5.14. The molecule has 0 bridgehead atoms. The number of carbonyl (C=O) groups excluding carboxylic acids is 2. The minimum atomic E-state index is -0.430. The van der Waals surface area contributed by atoms with Crippen LogP contribution < -0.4 is 9.64 Å². The minimum absolute atomic E-state index is 0.0383. The summed E-state index contributed by atoms with van der Waals surface area (Å²) >= 11 is 0. The van der Waals surface area contributed by atoms with Crippen LogP contribution in [-0.4, -0.2) is 43.0 Å². The molecular weight excluding hydrogens is 292 g/mol. The molecule has 1 aliphatic heterocycles. The molecule has 0 aromatic heterocycles. The zero-order chi connectivity index (χ0) is 17.2. The maximum absolute atomic E-state index is 12.7. The quantitative estimate of drug-likeness (QED) is 0.861. The van der Waals surface area contributed by atoms with Gasteiger partial charge in [0.1, 0.15) is 11.8 Å². The molecule has 2 amide bonds. The predicted octanol–water partition coefficient (Wildman–Crippen LogP) is 2.70. The first-order valence-electron chi connectivity index (χ1n) is 7.98. The summed E-state index contributed by atoms with van der Waals surface area (Å²) in [5.74, 6) is 0.768. The molecule has 0 spiro atoms. The number of methoxy groups -OCH3 is 1. The first-order valence-corrected chi connectivity index (χ1v) is 7.98. The molecule has 1 heterocycles. The van der Waals surface area contributed by atoms with E-state index >= 15 is 0 Å². The zero-order valence-electron chi connectivity index (χ0n) is 14.6. The van der Waals surface area contributed by atoms with Gasteiger partial charge in [-0.1, -0.05) is 20.8 Å². The number of ether oxygens (including phenoxy) is 1. The number of carbonyl (C=O) groups is 2. The molecule has 0 saturated carbocycles. The van der Waals surface area contributed by atoms with Crippen LogP contribution in [0, 0.1) is 5.41 Å². The van der Waals surface area contributed by atoms with Gasteiger partial charge in [-0.3, -0.25) is 9.59 Å². The number of piperazine rings is 1. The highest BCUT2D eigenvalue weighted by molar-refractivity contribution is 6.00. The molecule has 1 aromatic rings. The van der Waals surface area contributed by atoms with Crippen LogP contribution in [0.2, 0.25) is 0 Å². The van der Waals surface area contributed by atoms with E-state index in [2.05, 4.69) is 0 Å². The molecule has 1 aromatic carbocycles. The Morgan fingerprint density at radius 3 is 2.35 bits per heavy atom. The molecule has 126 valence electrons. The van der Waals surface area contributed by atoms with Crippen molar-refractivity contribution < 1.29 is 14.3 Å². The summed E-state index contributed by atoms with van der Waals surface area (Å²) in [6.07, 6.45) is 0.452. The monoisotopic (exact) mass is 318 g/mol. The molecule has 1 saturated heterocycles. The van der Waals surface area contributed by atoms with Gasteiger partial charge in [-0.2, -0.15) is 0 Å². The third kappa shape index (κ3) is 4.03. The highest BCUT2D eigenvalue weighted by atomic mass is 16.5. The van der Waals surface area contributed by atoms with Crippen molar-refractivity contribution >= 4 is 17.5 Å². The number of rotatable bonds is 3. The molecular formula is C18H26N2O3. The Bertz CT molecular complexity index is 575. The van der Waals surface area contributed by atoms with E-state index in [0.29, 0.717) is 19.5 Å². The van der Waals surface area contributed by atoms with Crippen molar-refractivity contribution in [3.8, 4) is 5.75 Å². The van der Waals surface area contributed by atoms with E-state index in [-0.39, 0.29) is 17.2 Å². The SMILES string of the molecule is COc1ccc(N2CCN(C(=O)CC(C)(C)C)[C@@H](C)C2=O)cc1. The van der Waals surface area contributed by atoms with E-state index in [0.717, 1.165) is 11.4 Å². The fraction of sp³-hybridized carbons (Fsp3) is 0.556. The Balaban J connectivity index is 2.10. The summed E-state index contributed by atoms with van der Waals surface area (Å²) in [5.41, 5.74) is 0.762. The summed E-state index contributed by atoms with van der Waals surface area (Å²) in [4.78, 5) is 28.5. The lowest BCUT2D eigenvalue weighted by Crippen LogP contribution is -2.58. The molecule has 0 unspecified atom stereocenters. The van der Waals surface area contributed by atoms with Crippen molar-refractivity contribution in [3.05, 3.63) is 24.3 Å². The third-order valence-corrected chi connectivity index (χ3v) is 4.04. The number of benzene rings is 1. The van der Waals surface area contributed by atoms with E-state index in [1.807, 2.05) is 45.0 Å². The van der Waals surface area contributed by atoms with Gasteiger partial charge in [0.15, 0.2) is 0 Å². The van der Waals surface area contributed by atoms with Crippen molar-refractivity contribution in [2.24, 2.45) is 5.41 Å². The van der Waals surface area contributed by atoms with Gasteiger partial charge >= 0.3 is 0 Å². The van der Waals surface area contributed by atoms with E-state index in [4.69, 9.17) is 4.74 Å². The Morgan fingerprint density at radius 2 is 1.83 bits per heavy atom. The molecule has 1 aliphatic rings.